The van der Waals surface area contributed by atoms with Gasteiger partial charge in [-0.05, 0) is 50.9 Å². The Morgan fingerprint density at radius 3 is 1.86 bits per heavy atom. The lowest BCUT2D eigenvalue weighted by Crippen LogP contribution is -2.45. The van der Waals surface area contributed by atoms with Gasteiger partial charge in [-0.15, -0.1) is 0 Å². The van der Waals surface area contributed by atoms with E-state index in [2.05, 4.69) is 32.7 Å². The van der Waals surface area contributed by atoms with E-state index in [1.165, 1.54) is 4.90 Å². The van der Waals surface area contributed by atoms with Crippen molar-refractivity contribution in [2.75, 3.05) is 6.54 Å². The van der Waals surface area contributed by atoms with Crippen molar-refractivity contribution in [3.8, 4) is 0 Å². The summed E-state index contributed by atoms with van der Waals surface area (Å²) >= 11 is 0. The van der Waals surface area contributed by atoms with Gasteiger partial charge < -0.3 is 4.12 Å². The first-order valence-corrected chi connectivity index (χ1v) is 13.8. The van der Waals surface area contributed by atoms with Crippen molar-refractivity contribution >= 4 is 28.4 Å². The quantitative estimate of drug-likeness (QED) is 0.617. The molecule has 0 N–H and O–H groups in total. The molecule has 4 nitrogen and oxygen atoms in total. The molecule has 0 saturated carbocycles. The van der Waals surface area contributed by atoms with Crippen LogP contribution in [0.15, 0.2) is 24.3 Å². The largest absolute Gasteiger partial charge is 0.456 e. The molecule has 0 bridgehead atoms. The first-order chi connectivity index (χ1) is 9.61. The van der Waals surface area contributed by atoms with Crippen LogP contribution >= 0.6 is 0 Å². The molecule has 0 spiro atoms. The topological polar surface area (TPSA) is 46.6 Å². The maximum Gasteiger partial charge on any atom is 0.261 e. The fourth-order valence-corrected chi connectivity index (χ4v) is 10.5. The van der Waals surface area contributed by atoms with Gasteiger partial charge in [0.25, 0.3) is 11.8 Å². The van der Waals surface area contributed by atoms with Crippen molar-refractivity contribution in [2.45, 2.75) is 38.8 Å². The molecule has 0 atom stereocenters. The molecule has 0 unspecified atom stereocenters. The number of hydrogen-bond acceptors (Lipinski definition) is 3. The molecule has 1 heterocycles. The van der Waals surface area contributed by atoms with Crippen molar-refractivity contribution in [1.29, 1.82) is 0 Å². The van der Waals surface area contributed by atoms with Gasteiger partial charge in [-0.25, -0.2) is 0 Å². The number of carbonyl (C=O) groups is 2. The lowest BCUT2D eigenvalue weighted by molar-refractivity contribution is 0.0662. The van der Waals surface area contributed by atoms with Crippen LogP contribution in [0.25, 0.3) is 0 Å². The van der Waals surface area contributed by atoms with Gasteiger partial charge in [0.2, 0.25) is 0 Å². The average Bonchev–Trinajstić information content (AvgIpc) is 2.58. The van der Waals surface area contributed by atoms with Crippen LogP contribution in [-0.2, 0) is 4.12 Å². The number of benzene rings is 1. The van der Waals surface area contributed by atoms with Gasteiger partial charge in [-0.1, -0.05) is 12.1 Å². The normalized spacial score (nSPS) is 15.6. The van der Waals surface area contributed by atoms with Gasteiger partial charge in [0.15, 0.2) is 16.6 Å². The predicted molar refractivity (Wildman–Crippen MR) is 88.5 cm³/mol. The monoisotopic (exact) mass is 321 g/mol. The van der Waals surface area contributed by atoms with Crippen molar-refractivity contribution in [1.82, 2.24) is 4.90 Å². The zero-order valence-corrected chi connectivity index (χ0v) is 15.4. The summed E-state index contributed by atoms with van der Waals surface area (Å²) in [4.78, 5) is 26.0. The summed E-state index contributed by atoms with van der Waals surface area (Å²) in [5.74, 6) is -0.346. The molecule has 0 fully saturated rings. The molecular weight excluding hydrogens is 298 g/mol. The van der Waals surface area contributed by atoms with Crippen LogP contribution in [0.5, 0.6) is 0 Å². The highest BCUT2D eigenvalue weighted by Crippen LogP contribution is 2.25. The van der Waals surface area contributed by atoms with E-state index in [1.807, 2.05) is 0 Å². The predicted octanol–water partition coefficient (Wildman–Crippen LogP) is 3.34. The molecule has 114 valence electrons. The number of carbonyl (C=O) groups excluding carboxylic acids is 2. The minimum atomic E-state index is -1.85. The van der Waals surface area contributed by atoms with Crippen LogP contribution in [-0.4, -0.2) is 39.9 Å². The molecule has 1 aromatic carbocycles. The van der Waals surface area contributed by atoms with E-state index in [9.17, 15) is 9.59 Å². The van der Waals surface area contributed by atoms with Crippen LogP contribution in [0, 0.1) is 0 Å². The lowest BCUT2D eigenvalue weighted by Gasteiger charge is -2.32. The third-order valence-electron chi connectivity index (χ3n) is 3.40. The number of nitrogens with zero attached hydrogens (tertiary/aromatic N) is 1. The van der Waals surface area contributed by atoms with Gasteiger partial charge in [0, 0.05) is 6.54 Å². The SMILES string of the molecule is C[Si](C)(C)O[Si](C)(C)CCN1C(=O)c2ccccc2C1=O. The lowest BCUT2D eigenvalue weighted by atomic mass is 10.1. The molecule has 21 heavy (non-hydrogen) atoms. The number of amides is 2. The van der Waals surface area contributed by atoms with E-state index in [-0.39, 0.29) is 11.8 Å². The third-order valence-corrected chi connectivity index (χ3v) is 9.49. The Bertz CT molecular complexity index is 544. The van der Waals surface area contributed by atoms with Gasteiger partial charge in [0.05, 0.1) is 11.1 Å². The summed E-state index contributed by atoms with van der Waals surface area (Å²) in [6, 6.07) is 7.80. The average molecular weight is 322 g/mol. The van der Waals surface area contributed by atoms with Gasteiger partial charge >= 0.3 is 0 Å². The molecule has 0 saturated heterocycles. The van der Waals surface area contributed by atoms with Crippen LogP contribution in [0.3, 0.4) is 0 Å². The fourth-order valence-electron chi connectivity index (χ4n) is 2.70. The summed E-state index contributed by atoms with van der Waals surface area (Å²) in [5, 5.41) is 0. The second-order valence-corrected chi connectivity index (χ2v) is 16.1. The van der Waals surface area contributed by atoms with E-state index in [0.29, 0.717) is 17.7 Å². The summed E-state index contributed by atoms with van der Waals surface area (Å²) < 4.78 is 6.26. The Morgan fingerprint density at radius 1 is 0.952 bits per heavy atom. The first-order valence-electron chi connectivity index (χ1n) is 7.26. The molecule has 2 rings (SSSR count). The molecule has 6 heteroatoms. The minimum Gasteiger partial charge on any atom is -0.456 e. The van der Waals surface area contributed by atoms with Crippen LogP contribution in [0.2, 0.25) is 38.8 Å². The maximum atomic E-state index is 12.3. The molecule has 0 aromatic heterocycles. The van der Waals surface area contributed by atoms with Crippen molar-refractivity contribution in [2.24, 2.45) is 0 Å². The molecule has 0 radical (unpaired) electrons. The molecule has 1 aliphatic rings. The van der Waals surface area contributed by atoms with E-state index < -0.39 is 16.6 Å². The second kappa shape index (κ2) is 5.51. The Kier molecular flexibility index (Phi) is 4.23. The minimum absolute atomic E-state index is 0.173. The van der Waals surface area contributed by atoms with Gasteiger partial charge in [0.1, 0.15) is 0 Å². The van der Waals surface area contributed by atoms with Crippen LogP contribution in [0.1, 0.15) is 20.7 Å². The molecular formula is C15H23NO3Si2. The zero-order valence-electron chi connectivity index (χ0n) is 13.4. The number of hydrogen-bond donors (Lipinski definition) is 0. The van der Waals surface area contributed by atoms with Crippen LogP contribution < -0.4 is 0 Å². The molecule has 1 aromatic rings. The van der Waals surface area contributed by atoms with Crippen molar-refractivity contribution in [3.05, 3.63) is 35.4 Å². The van der Waals surface area contributed by atoms with E-state index in [0.717, 1.165) is 6.04 Å². The maximum absolute atomic E-state index is 12.3. The third kappa shape index (κ3) is 3.69. The Balaban J connectivity index is 2.06. The summed E-state index contributed by atoms with van der Waals surface area (Å²) in [5.41, 5.74) is 1.04. The Labute approximate surface area is 128 Å². The molecule has 1 aliphatic heterocycles. The smallest absolute Gasteiger partial charge is 0.261 e. The molecule has 0 aliphatic carbocycles. The van der Waals surface area contributed by atoms with Crippen molar-refractivity contribution in [3.63, 3.8) is 0 Å². The van der Waals surface area contributed by atoms with Gasteiger partial charge in [-0.2, -0.15) is 0 Å². The highest BCUT2D eigenvalue weighted by molar-refractivity contribution is 6.84. The van der Waals surface area contributed by atoms with Crippen LogP contribution in [0.4, 0.5) is 0 Å². The van der Waals surface area contributed by atoms with Gasteiger partial charge in [-0.3, -0.25) is 14.5 Å². The Morgan fingerprint density at radius 2 is 1.43 bits per heavy atom. The van der Waals surface area contributed by atoms with E-state index in [4.69, 9.17) is 4.12 Å². The summed E-state index contributed by atoms with van der Waals surface area (Å²) in [6.45, 7) is 11.3. The Hall–Kier alpha value is -1.25. The summed E-state index contributed by atoms with van der Waals surface area (Å²) in [6.07, 6.45) is 0. The number of fused-ring (bicyclic) bond motifs is 1. The van der Waals surface area contributed by atoms with Crippen molar-refractivity contribution < 1.29 is 13.7 Å². The molecule has 2 amide bonds. The van der Waals surface area contributed by atoms with E-state index >= 15 is 0 Å². The first kappa shape index (κ1) is 16.1. The highest BCUT2D eigenvalue weighted by Gasteiger charge is 2.37. The number of imide groups is 1. The van der Waals surface area contributed by atoms with E-state index in [1.54, 1.807) is 24.3 Å². The second-order valence-electron chi connectivity index (χ2n) is 7.03. The fraction of sp³-hybridized carbons (Fsp3) is 0.467. The standard InChI is InChI=1S/C15H23NO3Si2/c1-20(2,3)19-21(4,5)11-10-16-14(17)12-8-6-7-9-13(12)15(16)18/h6-9H,10-11H2,1-5H3. The summed E-state index contributed by atoms with van der Waals surface area (Å²) in [7, 11) is -3.45. The number of rotatable bonds is 5. The highest BCUT2D eigenvalue weighted by atomic mass is 28.4. The zero-order chi connectivity index (χ0) is 15.8.